The van der Waals surface area contributed by atoms with Gasteiger partial charge < -0.3 is 14.9 Å². The summed E-state index contributed by atoms with van der Waals surface area (Å²) in [7, 11) is 1.18. The van der Waals surface area contributed by atoms with Crippen molar-refractivity contribution in [3.05, 3.63) is 149 Å². The Morgan fingerprint density at radius 3 is 1.78 bits per heavy atom. The number of ether oxygens (including phenoxy) is 1. The second kappa shape index (κ2) is 10.4. The third-order valence-electron chi connectivity index (χ3n) is 7.58. The van der Waals surface area contributed by atoms with Crippen molar-refractivity contribution in [2.45, 2.75) is 25.3 Å². The van der Waals surface area contributed by atoms with Crippen LogP contribution in [0.5, 0.6) is 5.75 Å². The number of fused-ring (bicyclic) bond motifs is 1. The molecule has 6 nitrogen and oxygen atoms in total. The SMILES string of the molecule is BC(O)(O)Oc1cc2c(cnn2C(c2ccccc2)(c2ccccc2)c2ccccc2)nc1-c1cccc(C)c1C. The maximum Gasteiger partial charge on any atom is 0.266 e. The summed E-state index contributed by atoms with van der Waals surface area (Å²) in [5.74, 6) is -2.18. The number of rotatable bonds is 7. The number of hydrogen-bond acceptors (Lipinski definition) is 5. The van der Waals surface area contributed by atoms with E-state index in [4.69, 9.17) is 14.8 Å². The first kappa shape index (κ1) is 26.5. The Labute approximate surface area is 239 Å². The summed E-state index contributed by atoms with van der Waals surface area (Å²) in [5.41, 5.74) is 6.98. The van der Waals surface area contributed by atoms with Crippen LogP contribution in [0.15, 0.2) is 121 Å². The number of hydrogen-bond donors (Lipinski definition) is 2. The van der Waals surface area contributed by atoms with Gasteiger partial charge in [0.25, 0.3) is 5.87 Å². The molecule has 4 aromatic carbocycles. The van der Waals surface area contributed by atoms with Gasteiger partial charge in [0.15, 0.2) is 5.75 Å². The Balaban J connectivity index is 1.72. The molecule has 0 spiro atoms. The minimum Gasteiger partial charge on any atom is -0.446 e. The second-order valence-electron chi connectivity index (χ2n) is 10.4. The summed E-state index contributed by atoms with van der Waals surface area (Å²) in [6.45, 7) is 4.05. The third kappa shape index (κ3) is 4.69. The number of aryl methyl sites for hydroxylation is 1. The quantitative estimate of drug-likeness (QED) is 0.166. The standard InChI is InChI=1S/C34H30BN3O3/c1-23-13-12-20-28(24(23)2)32-31(41-34(35,39)40)21-30-29(37-32)22-36-38(30)33(25-14-6-3-7-15-25,26-16-8-4-9-17-26)27-18-10-5-11-19-27/h3-22,39-40H,35H2,1-2H3. The first-order valence-corrected chi connectivity index (χ1v) is 13.6. The van der Waals surface area contributed by atoms with E-state index in [1.54, 1.807) is 12.3 Å². The lowest BCUT2D eigenvalue weighted by Crippen LogP contribution is -2.38. The molecule has 2 N–H and O–H groups in total. The van der Waals surface area contributed by atoms with Gasteiger partial charge in [0.2, 0.25) is 7.85 Å². The van der Waals surface area contributed by atoms with Crippen LogP contribution in [-0.2, 0) is 5.54 Å². The number of aromatic nitrogens is 3. The molecule has 0 amide bonds. The molecule has 0 saturated carbocycles. The Kier molecular flexibility index (Phi) is 6.69. The number of pyridine rings is 1. The average molecular weight is 539 g/mol. The molecule has 7 heteroatoms. The predicted octanol–water partition coefficient (Wildman–Crippen LogP) is 5.16. The van der Waals surface area contributed by atoms with Gasteiger partial charge in [-0.1, -0.05) is 109 Å². The summed E-state index contributed by atoms with van der Waals surface area (Å²) in [5, 5.41) is 25.7. The van der Waals surface area contributed by atoms with Crippen molar-refractivity contribution in [3.63, 3.8) is 0 Å². The van der Waals surface area contributed by atoms with Crippen LogP contribution in [0.4, 0.5) is 0 Å². The van der Waals surface area contributed by atoms with Crippen molar-refractivity contribution in [2.24, 2.45) is 0 Å². The van der Waals surface area contributed by atoms with Crippen LogP contribution in [0.3, 0.4) is 0 Å². The van der Waals surface area contributed by atoms with Crippen molar-refractivity contribution in [3.8, 4) is 17.0 Å². The van der Waals surface area contributed by atoms with Crippen LogP contribution in [0.25, 0.3) is 22.3 Å². The van der Waals surface area contributed by atoms with E-state index in [0.717, 1.165) is 33.4 Å². The van der Waals surface area contributed by atoms with E-state index >= 15 is 0 Å². The Bertz CT molecular complexity index is 1720. The van der Waals surface area contributed by atoms with E-state index in [1.807, 2.05) is 91.3 Å². The summed E-state index contributed by atoms with van der Waals surface area (Å²) >= 11 is 0. The lowest BCUT2D eigenvalue weighted by molar-refractivity contribution is -0.223. The zero-order chi connectivity index (χ0) is 28.6. The van der Waals surface area contributed by atoms with E-state index in [-0.39, 0.29) is 5.75 Å². The van der Waals surface area contributed by atoms with E-state index in [1.165, 1.54) is 7.85 Å². The Hall–Kier alpha value is -4.72. The Morgan fingerprint density at radius 2 is 1.27 bits per heavy atom. The zero-order valence-electron chi connectivity index (χ0n) is 23.2. The van der Waals surface area contributed by atoms with Crippen LogP contribution in [0.2, 0.25) is 0 Å². The molecule has 0 radical (unpaired) electrons. The lowest BCUT2D eigenvalue weighted by atomic mass is 9.77. The molecule has 2 aromatic heterocycles. The summed E-state index contributed by atoms with van der Waals surface area (Å²) in [4.78, 5) is 5.02. The highest BCUT2D eigenvalue weighted by Gasteiger charge is 2.40. The largest absolute Gasteiger partial charge is 0.446 e. The average Bonchev–Trinajstić information content (AvgIpc) is 3.38. The minimum atomic E-state index is -2.41. The summed E-state index contributed by atoms with van der Waals surface area (Å²) in [6, 6.07) is 38.5. The van der Waals surface area contributed by atoms with Crippen LogP contribution in [-0.4, -0.2) is 38.7 Å². The van der Waals surface area contributed by atoms with Gasteiger partial charge in [0, 0.05) is 11.6 Å². The smallest absolute Gasteiger partial charge is 0.266 e. The molecule has 0 saturated heterocycles. The van der Waals surface area contributed by atoms with Gasteiger partial charge in [0.05, 0.1) is 11.7 Å². The molecule has 0 atom stereocenters. The molecule has 41 heavy (non-hydrogen) atoms. The van der Waals surface area contributed by atoms with E-state index in [9.17, 15) is 10.2 Å². The van der Waals surface area contributed by atoms with Gasteiger partial charge >= 0.3 is 0 Å². The summed E-state index contributed by atoms with van der Waals surface area (Å²) < 4.78 is 7.71. The highest BCUT2D eigenvalue weighted by atomic mass is 16.8. The molecule has 2 heterocycles. The molecule has 0 bridgehead atoms. The lowest BCUT2D eigenvalue weighted by Gasteiger charge is -2.37. The molecule has 6 rings (SSSR count). The first-order valence-electron chi connectivity index (χ1n) is 13.6. The predicted molar refractivity (Wildman–Crippen MR) is 163 cm³/mol. The third-order valence-corrected chi connectivity index (χ3v) is 7.58. The van der Waals surface area contributed by atoms with Crippen LogP contribution < -0.4 is 4.74 Å². The van der Waals surface area contributed by atoms with Crippen molar-refractivity contribution in [1.29, 1.82) is 0 Å². The molecular weight excluding hydrogens is 509 g/mol. The molecule has 202 valence electrons. The highest BCUT2D eigenvalue weighted by Crippen LogP contribution is 2.43. The zero-order valence-corrected chi connectivity index (χ0v) is 23.2. The number of benzene rings is 4. The van der Waals surface area contributed by atoms with Crippen molar-refractivity contribution in [1.82, 2.24) is 14.8 Å². The fourth-order valence-corrected chi connectivity index (χ4v) is 5.60. The fraction of sp³-hybridized carbons (Fsp3) is 0.118. The normalized spacial score (nSPS) is 12.0. The van der Waals surface area contributed by atoms with E-state index in [2.05, 4.69) is 36.4 Å². The molecule has 6 aromatic rings. The number of aliphatic hydroxyl groups is 2. The van der Waals surface area contributed by atoms with Gasteiger partial charge in [-0.15, -0.1) is 0 Å². The number of nitrogens with zero attached hydrogens (tertiary/aromatic N) is 3. The van der Waals surface area contributed by atoms with Gasteiger partial charge in [-0.2, -0.15) is 5.10 Å². The molecule has 0 aliphatic rings. The molecule has 0 aliphatic heterocycles. The first-order chi connectivity index (χ1) is 19.8. The van der Waals surface area contributed by atoms with Crippen molar-refractivity contribution in [2.75, 3.05) is 0 Å². The van der Waals surface area contributed by atoms with Crippen LogP contribution in [0.1, 0.15) is 27.8 Å². The van der Waals surface area contributed by atoms with Gasteiger partial charge in [-0.25, -0.2) is 9.67 Å². The molecule has 0 fully saturated rings. The van der Waals surface area contributed by atoms with Crippen molar-refractivity contribution < 1.29 is 14.9 Å². The minimum absolute atomic E-state index is 0.239. The molecular formula is C34H30BN3O3. The van der Waals surface area contributed by atoms with Crippen molar-refractivity contribution >= 4 is 18.9 Å². The van der Waals surface area contributed by atoms with Gasteiger partial charge in [-0.05, 0) is 41.7 Å². The van der Waals surface area contributed by atoms with E-state index < -0.39 is 11.4 Å². The second-order valence-corrected chi connectivity index (χ2v) is 10.4. The van der Waals surface area contributed by atoms with Crippen LogP contribution >= 0.6 is 0 Å². The van der Waals surface area contributed by atoms with Crippen LogP contribution in [0, 0.1) is 13.8 Å². The molecule has 0 aliphatic carbocycles. The topological polar surface area (TPSA) is 80.4 Å². The molecule has 0 unspecified atom stereocenters. The highest BCUT2D eigenvalue weighted by molar-refractivity contribution is 6.12. The summed E-state index contributed by atoms with van der Waals surface area (Å²) in [6.07, 6.45) is 1.76. The fourth-order valence-electron chi connectivity index (χ4n) is 5.60. The maximum atomic E-state index is 10.3. The van der Waals surface area contributed by atoms with Gasteiger partial charge in [0.1, 0.15) is 16.7 Å². The van der Waals surface area contributed by atoms with E-state index in [0.29, 0.717) is 16.7 Å². The monoisotopic (exact) mass is 539 g/mol. The maximum absolute atomic E-state index is 10.3. The van der Waals surface area contributed by atoms with Gasteiger partial charge in [-0.3, -0.25) is 0 Å². The Morgan fingerprint density at radius 1 is 0.732 bits per heavy atom.